The highest BCUT2D eigenvalue weighted by Gasteiger charge is 2.27. The van der Waals surface area contributed by atoms with Crippen molar-refractivity contribution in [3.63, 3.8) is 0 Å². The number of carbonyl (C=O) groups excluding carboxylic acids is 1. The van der Waals surface area contributed by atoms with Crippen molar-refractivity contribution >= 4 is 33.6 Å². The molecule has 0 spiro atoms. The summed E-state index contributed by atoms with van der Waals surface area (Å²) in [6, 6.07) is 16.5. The van der Waals surface area contributed by atoms with E-state index in [0.717, 1.165) is 19.3 Å². The first-order valence-corrected chi connectivity index (χ1v) is 11.7. The predicted octanol–water partition coefficient (Wildman–Crippen LogP) is 1.40. The highest BCUT2D eigenvalue weighted by molar-refractivity contribution is 7.89. The van der Waals surface area contributed by atoms with Crippen molar-refractivity contribution in [2.45, 2.75) is 24.2 Å². The molecule has 1 aliphatic rings. The summed E-state index contributed by atoms with van der Waals surface area (Å²) in [5, 5.41) is 20.6. The summed E-state index contributed by atoms with van der Waals surface area (Å²) in [4.78, 5) is 30.5. The van der Waals surface area contributed by atoms with Gasteiger partial charge in [-0.05, 0) is 49.6 Å². The molecule has 1 fully saturated rings. The van der Waals surface area contributed by atoms with Crippen molar-refractivity contribution in [2.75, 3.05) is 31.5 Å². The van der Waals surface area contributed by atoms with Crippen LogP contribution in [0.15, 0.2) is 59.5 Å². The number of nitrogens with zero attached hydrogens (tertiary/aromatic N) is 1. The van der Waals surface area contributed by atoms with Gasteiger partial charge in [-0.3, -0.25) is 4.79 Å². The number of hydrogen-bond donors (Lipinski definition) is 4. The molecule has 33 heavy (non-hydrogen) atoms. The van der Waals surface area contributed by atoms with Crippen LogP contribution in [0.3, 0.4) is 0 Å². The Labute approximate surface area is 192 Å². The quantitative estimate of drug-likeness (QED) is 0.329. The molecular formula is C22H27N3O7S. The Morgan fingerprint density at radius 3 is 2.15 bits per heavy atom. The molecule has 0 radical (unpaired) electrons. The number of carbonyl (C=O) groups is 3. The molecule has 4 N–H and O–H groups in total. The smallest absolute Gasteiger partial charge is 0.414 e. The lowest BCUT2D eigenvalue weighted by molar-refractivity contribution is -0.159. The van der Waals surface area contributed by atoms with Gasteiger partial charge in [0.1, 0.15) is 0 Å². The maximum Gasteiger partial charge on any atom is 0.414 e. The summed E-state index contributed by atoms with van der Waals surface area (Å²) in [5.41, 5.74) is 1.70. The Morgan fingerprint density at radius 1 is 0.909 bits per heavy atom. The SMILES string of the molecule is O=C(CNCCc1ccccc1)Nc1cccc(S(=O)(=O)N2CCCC2)c1.O=C(O)C(=O)O. The lowest BCUT2D eigenvalue weighted by Gasteiger charge is -2.16. The normalized spacial score (nSPS) is 13.6. The van der Waals surface area contributed by atoms with E-state index in [-0.39, 0.29) is 17.3 Å². The molecule has 1 heterocycles. The minimum absolute atomic E-state index is 0.177. The number of anilines is 1. The Balaban J connectivity index is 0.000000569. The van der Waals surface area contributed by atoms with E-state index in [1.54, 1.807) is 18.2 Å². The van der Waals surface area contributed by atoms with Gasteiger partial charge in [0.05, 0.1) is 11.4 Å². The van der Waals surface area contributed by atoms with Crippen LogP contribution < -0.4 is 10.6 Å². The molecule has 11 heteroatoms. The summed E-state index contributed by atoms with van der Waals surface area (Å²) in [6.45, 7) is 1.99. The van der Waals surface area contributed by atoms with Crippen LogP contribution >= 0.6 is 0 Å². The Morgan fingerprint density at radius 2 is 1.55 bits per heavy atom. The molecular weight excluding hydrogens is 450 g/mol. The number of sulfonamides is 1. The average molecular weight is 478 g/mol. The number of carboxylic acids is 2. The van der Waals surface area contributed by atoms with Gasteiger partial charge < -0.3 is 20.8 Å². The highest BCUT2D eigenvalue weighted by Crippen LogP contribution is 2.23. The molecule has 0 aliphatic carbocycles. The zero-order valence-corrected chi connectivity index (χ0v) is 18.8. The van der Waals surface area contributed by atoms with E-state index in [2.05, 4.69) is 10.6 Å². The Kier molecular flexibility index (Phi) is 9.98. The summed E-state index contributed by atoms with van der Waals surface area (Å²) < 4.78 is 26.7. The Bertz CT molecular complexity index is 1040. The number of amides is 1. The monoisotopic (exact) mass is 477 g/mol. The van der Waals surface area contributed by atoms with Gasteiger partial charge in [-0.2, -0.15) is 4.31 Å². The second-order valence-electron chi connectivity index (χ2n) is 7.21. The first-order valence-electron chi connectivity index (χ1n) is 10.3. The minimum atomic E-state index is -3.48. The maximum absolute atomic E-state index is 12.6. The van der Waals surface area contributed by atoms with Gasteiger partial charge in [0, 0.05) is 18.8 Å². The van der Waals surface area contributed by atoms with Crippen molar-refractivity contribution in [2.24, 2.45) is 0 Å². The third-order valence-corrected chi connectivity index (χ3v) is 6.62. The van der Waals surface area contributed by atoms with E-state index < -0.39 is 22.0 Å². The molecule has 0 aromatic heterocycles. The molecule has 0 atom stereocenters. The van der Waals surface area contributed by atoms with Gasteiger partial charge >= 0.3 is 11.9 Å². The Hall–Kier alpha value is -3.28. The molecule has 0 bridgehead atoms. The molecule has 0 unspecified atom stereocenters. The van der Waals surface area contributed by atoms with Gasteiger partial charge in [-0.1, -0.05) is 36.4 Å². The lowest BCUT2D eigenvalue weighted by Crippen LogP contribution is -2.30. The fraction of sp³-hybridized carbons (Fsp3) is 0.318. The summed E-state index contributed by atoms with van der Waals surface area (Å²) in [7, 11) is -3.48. The van der Waals surface area contributed by atoms with Crippen molar-refractivity contribution in [3.05, 3.63) is 60.2 Å². The summed E-state index contributed by atoms with van der Waals surface area (Å²) >= 11 is 0. The van der Waals surface area contributed by atoms with Crippen LogP contribution in [0.2, 0.25) is 0 Å². The van der Waals surface area contributed by atoms with Crippen LogP contribution in [0.25, 0.3) is 0 Å². The topological polar surface area (TPSA) is 153 Å². The molecule has 2 aromatic carbocycles. The highest BCUT2D eigenvalue weighted by atomic mass is 32.2. The van der Waals surface area contributed by atoms with E-state index in [4.69, 9.17) is 19.8 Å². The van der Waals surface area contributed by atoms with Crippen molar-refractivity contribution in [1.82, 2.24) is 9.62 Å². The van der Waals surface area contributed by atoms with Crippen molar-refractivity contribution in [3.8, 4) is 0 Å². The van der Waals surface area contributed by atoms with Gasteiger partial charge in [0.25, 0.3) is 0 Å². The fourth-order valence-electron chi connectivity index (χ4n) is 3.10. The van der Waals surface area contributed by atoms with E-state index in [9.17, 15) is 13.2 Å². The number of benzene rings is 2. The van der Waals surface area contributed by atoms with Crippen molar-refractivity contribution in [1.29, 1.82) is 0 Å². The van der Waals surface area contributed by atoms with Gasteiger partial charge in [0.2, 0.25) is 15.9 Å². The van der Waals surface area contributed by atoms with E-state index in [1.807, 2.05) is 30.3 Å². The first kappa shape index (κ1) is 26.0. The minimum Gasteiger partial charge on any atom is -0.473 e. The van der Waals surface area contributed by atoms with Crippen LogP contribution in [-0.2, 0) is 30.8 Å². The number of nitrogens with one attached hydrogen (secondary N) is 2. The fourth-order valence-corrected chi connectivity index (χ4v) is 4.66. The summed E-state index contributed by atoms with van der Waals surface area (Å²) in [6.07, 6.45) is 2.63. The molecule has 10 nitrogen and oxygen atoms in total. The second kappa shape index (κ2) is 12.7. The van der Waals surface area contributed by atoms with Crippen molar-refractivity contribution < 1.29 is 33.0 Å². The average Bonchev–Trinajstić information content (AvgIpc) is 3.34. The maximum atomic E-state index is 12.6. The molecule has 0 saturated carbocycles. The number of aliphatic carboxylic acids is 2. The standard InChI is InChI=1S/C20H25N3O3S.C2H2O4/c24-20(16-21-12-11-17-7-2-1-3-8-17)22-18-9-6-10-19(15-18)27(25,26)23-13-4-5-14-23;3-1(4)2(5)6/h1-3,6-10,15,21H,4-5,11-14,16H2,(H,22,24);(H,3,4)(H,5,6). The third-order valence-electron chi connectivity index (χ3n) is 4.72. The van der Waals surface area contributed by atoms with Crippen LogP contribution in [0.1, 0.15) is 18.4 Å². The van der Waals surface area contributed by atoms with Gasteiger partial charge in [-0.25, -0.2) is 18.0 Å². The number of hydrogen-bond acceptors (Lipinski definition) is 6. The van der Waals surface area contributed by atoms with Crippen LogP contribution in [0.5, 0.6) is 0 Å². The van der Waals surface area contributed by atoms with E-state index >= 15 is 0 Å². The van der Waals surface area contributed by atoms with Crippen LogP contribution in [0.4, 0.5) is 5.69 Å². The van der Waals surface area contributed by atoms with E-state index in [0.29, 0.717) is 25.3 Å². The molecule has 178 valence electrons. The summed E-state index contributed by atoms with van der Waals surface area (Å²) in [5.74, 6) is -3.84. The van der Waals surface area contributed by atoms with E-state index in [1.165, 1.54) is 15.9 Å². The first-order chi connectivity index (χ1) is 15.7. The molecule has 1 amide bonds. The second-order valence-corrected chi connectivity index (χ2v) is 9.15. The molecule has 3 rings (SSSR count). The van der Waals surface area contributed by atoms with Crippen LogP contribution in [0, 0.1) is 0 Å². The van der Waals surface area contributed by atoms with Gasteiger partial charge in [-0.15, -0.1) is 0 Å². The molecule has 1 saturated heterocycles. The van der Waals surface area contributed by atoms with Crippen LogP contribution in [-0.4, -0.2) is 67.0 Å². The molecule has 2 aromatic rings. The largest absolute Gasteiger partial charge is 0.473 e. The zero-order valence-electron chi connectivity index (χ0n) is 17.9. The predicted molar refractivity (Wildman–Crippen MR) is 121 cm³/mol. The van der Waals surface area contributed by atoms with Gasteiger partial charge in [0.15, 0.2) is 0 Å². The number of carboxylic acid groups (broad SMARTS) is 2. The zero-order chi connectivity index (χ0) is 24.3. The lowest BCUT2D eigenvalue weighted by atomic mass is 10.1. The third kappa shape index (κ3) is 8.64. The molecule has 1 aliphatic heterocycles. The number of rotatable bonds is 8.